The van der Waals surface area contributed by atoms with Gasteiger partial charge in [0, 0.05) is 18.8 Å². The number of aromatic nitrogens is 2. The van der Waals surface area contributed by atoms with E-state index in [2.05, 4.69) is 15.7 Å². The molecule has 0 aliphatic rings. The summed E-state index contributed by atoms with van der Waals surface area (Å²) in [6.07, 6.45) is 1.75. The third kappa shape index (κ3) is 4.16. The standard InChI is InChI=1S/C20H20N4O2/c1-21-20(26)19(16-10-6-3-7-11-16)22-18(25)14-24-13-12-17(23-24)15-8-4-2-5-9-15/h2-13,19H,14H2,1H3,(H,21,26)(H,22,25). The van der Waals surface area contributed by atoms with E-state index in [1.165, 1.54) is 0 Å². The fraction of sp³-hybridized carbons (Fsp3) is 0.150. The van der Waals surface area contributed by atoms with E-state index in [4.69, 9.17) is 0 Å². The summed E-state index contributed by atoms with van der Waals surface area (Å²) in [5, 5.41) is 9.77. The molecular formula is C20H20N4O2. The minimum Gasteiger partial charge on any atom is -0.357 e. The van der Waals surface area contributed by atoms with E-state index in [0.29, 0.717) is 0 Å². The zero-order valence-corrected chi connectivity index (χ0v) is 14.4. The normalized spacial score (nSPS) is 11.6. The van der Waals surface area contributed by atoms with Gasteiger partial charge < -0.3 is 10.6 Å². The van der Waals surface area contributed by atoms with E-state index < -0.39 is 6.04 Å². The van der Waals surface area contributed by atoms with Crippen molar-refractivity contribution in [2.45, 2.75) is 12.6 Å². The van der Waals surface area contributed by atoms with Gasteiger partial charge in [-0.15, -0.1) is 0 Å². The topological polar surface area (TPSA) is 76.0 Å². The lowest BCUT2D eigenvalue weighted by atomic mass is 10.1. The van der Waals surface area contributed by atoms with Crippen LogP contribution in [0, 0.1) is 0 Å². The molecule has 0 bridgehead atoms. The van der Waals surface area contributed by atoms with Crippen LogP contribution in [0.25, 0.3) is 11.3 Å². The van der Waals surface area contributed by atoms with Gasteiger partial charge in [-0.25, -0.2) is 0 Å². The first-order chi connectivity index (χ1) is 12.7. The van der Waals surface area contributed by atoms with Gasteiger partial charge in [0.2, 0.25) is 11.8 Å². The van der Waals surface area contributed by atoms with Crippen LogP contribution in [-0.2, 0) is 16.1 Å². The molecule has 0 aliphatic heterocycles. The molecule has 6 nitrogen and oxygen atoms in total. The lowest BCUT2D eigenvalue weighted by Gasteiger charge is -2.17. The second kappa shape index (κ2) is 8.11. The molecule has 1 atom stereocenters. The molecular weight excluding hydrogens is 328 g/mol. The third-order valence-electron chi connectivity index (χ3n) is 3.96. The van der Waals surface area contributed by atoms with Gasteiger partial charge in [0.25, 0.3) is 0 Å². The Morgan fingerprint density at radius 2 is 1.65 bits per heavy atom. The molecule has 0 aliphatic carbocycles. The van der Waals surface area contributed by atoms with Crippen molar-refractivity contribution in [1.82, 2.24) is 20.4 Å². The van der Waals surface area contributed by atoms with Crippen LogP contribution < -0.4 is 10.6 Å². The van der Waals surface area contributed by atoms with Crippen molar-refractivity contribution in [2.24, 2.45) is 0 Å². The summed E-state index contributed by atoms with van der Waals surface area (Å²) < 4.78 is 1.56. The average molecular weight is 348 g/mol. The molecule has 2 amide bonds. The van der Waals surface area contributed by atoms with E-state index in [0.717, 1.165) is 16.8 Å². The van der Waals surface area contributed by atoms with Gasteiger partial charge in [-0.2, -0.15) is 5.10 Å². The van der Waals surface area contributed by atoms with Gasteiger partial charge in [0.1, 0.15) is 12.6 Å². The summed E-state index contributed by atoms with van der Waals surface area (Å²) in [6.45, 7) is 0.0349. The lowest BCUT2D eigenvalue weighted by molar-refractivity contribution is -0.129. The highest BCUT2D eigenvalue weighted by molar-refractivity contribution is 5.88. The number of hydrogen-bond acceptors (Lipinski definition) is 3. The highest BCUT2D eigenvalue weighted by Crippen LogP contribution is 2.16. The van der Waals surface area contributed by atoms with E-state index in [9.17, 15) is 9.59 Å². The van der Waals surface area contributed by atoms with E-state index in [1.54, 1.807) is 17.9 Å². The van der Waals surface area contributed by atoms with Crippen LogP contribution in [0.15, 0.2) is 72.9 Å². The van der Waals surface area contributed by atoms with Crippen LogP contribution in [0.4, 0.5) is 0 Å². The highest BCUT2D eigenvalue weighted by atomic mass is 16.2. The van der Waals surface area contributed by atoms with Gasteiger partial charge in [-0.1, -0.05) is 60.7 Å². The van der Waals surface area contributed by atoms with Crippen LogP contribution in [-0.4, -0.2) is 28.6 Å². The first-order valence-corrected chi connectivity index (χ1v) is 8.32. The fourth-order valence-electron chi connectivity index (χ4n) is 2.66. The Labute approximate surface area is 151 Å². The first kappa shape index (κ1) is 17.4. The number of carbonyl (C=O) groups excluding carboxylic acids is 2. The maximum Gasteiger partial charge on any atom is 0.246 e. The Morgan fingerprint density at radius 3 is 2.31 bits per heavy atom. The molecule has 1 heterocycles. The van der Waals surface area contributed by atoms with Crippen LogP contribution in [0.3, 0.4) is 0 Å². The molecule has 2 N–H and O–H groups in total. The maximum absolute atomic E-state index is 12.4. The van der Waals surface area contributed by atoms with Crippen molar-refractivity contribution >= 4 is 11.8 Å². The summed E-state index contributed by atoms with van der Waals surface area (Å²) >= 11 is 0. The number of benzene rings is 2. The molecule has 0 saturated heterocycles. The SMILES string of the molecule is CNC(=O)C(NC(=O)Cn1ccc(-c2ccccc2)n1)c1ccccc1. The first-order valence-electron chi connectivity index (χ1n) is 8.32. The minimum atomic E-state index is -0.738. The summed E-state index contributed by atoms with van der Waals surface area (Å²) in [4.78, 5) is 24.6. The molecule has 1 aromatic heterocycles. The number of rotatable bonds is 6. The number of hydrogen-bond donors (Lipinski definition) is 2. The molecule has 132 valence electrons. The van der Waals surface area contributed by atoms with Crippen molar-refractivity contribution in [3.63, 3.8) is 0 Å². The Morgan fingerprint density at radius 1 is 1.00 bits per heavy atom. The number of carbonyl (C=O) groups is 2. The second-order valence-electron chi connectivity index (χ2n) is 5.79. The average Bonchev–Trinajstić information content (AvgIpc) is 3.15. The molecule has 0 fully saturated rings. The van der Waals surface area contributed by atoms with Gasteiger partial charge in [0.15, 0.2) is 0 Å². The predicted octanol–water partition coefficient (Wildman–Crippen LogP) is 2.15. The zero-order valence-electron chi connectivity index (χ0n) is 14.4. The van der Waals surface area contributed by atoms with Crippen molar-refractivity contribution in [3.05, 3.63) is 78.5 Å². The number of nitrogens with one attached hydrogen (secondary N) is 2. The quantitative estimate of drug-likeness (QED) is 0.717. The van der Waals surface area contributed by atoms with Crippen molar-refractivity contribution in [3.8, 4) is 11.3 Å². The van der Waals surface area contributed by atoms with Gasteiger partial charge in [-0.3, -0.25) is 14.3 Å². The van der Waals surface area contributed by atoms with Gasteiger partial charge >= 0.3 is 0 Å². The van der Waals surface area contributed by atoms with Crippen LogP contribution in [0.5, 0.6) is 0 Å². The Balaban J connectivity index is 1.69. The van der Waals surface area contributed by atoms with E-state index >= 15 is 0 Å². The molecule has 0 spiro atoms. The maximum atomic E-state index is 12.4. The van der Waals surface area contributed by atoms with Crippen LogP contribution in [0.2, 0.25) is 0 Å². The smallest absolute Gasteiger partial charge is 0.246 e. The molecule has 3 aromatic rings. The second-order valence-corrected chi connectivity index (χ2v) is 5.79. The molecule has 26 heavy (non-hydrogen) atoms. The largest absolute Gasteiger partial charge is 0.357 e. The number of likely N-dealkylation sites (N-methyl/N-ethyl adjacent to an activating group) is 1. The van der Waals surface area contributed by atoms with Crippen LogP contribution >= 0.6 is 0 Å². The third-order valence-corrected chi connectivity index (χ3v) is 3.96. The summed E-state index contributed by atoms with van der Waals surface area (Å²) in [7, 11) is 1.55. The number of amides is 2. The number of nitrogens with zero attached hydrogens (tertiary/aromatic N) is 2. The van der Waals surface area contributed by atoms with Crippen molar-refractivity contribution in [2.75, 3.05) is 7.05 Å². The summed E-state index contributed by atoms with van der Waals surface area (Å²) in [6, 6.07) is 20.0. The Bertz CT molecular complexity index is 875. The van der Waals surface area contributed by atoms with Crippen LogP contribution in [0.1, 0.15) is 11.6 Å². The molecule has 3 rings (SSSR count). The van der Waals surface area contributed by atoms with Gasteiger partial charge in [0.05, 0.1) is 5.69 Å². The molecule has 1 unspecified atom stereocenters. The molecule has 2 aromatic carbocycles. The van der Waals surface area contributed by atoms with E-state index in [1.807, 2.05) is 66.7 Å². The van der Waals surface area contributed by atoms with Gasteiger partial charge in [-0.05, 0) is 11.6 Å². The molecule has 6 heteroatoms. The molecule has 0 radical (unpaired) electrons. The Hall–Kier alpha value is -3.41. The highest BCUT2D eigenvalue weighted by Gasteiger charge is 2.21. The monoisotopic (exact) mass is 348 g/mol. The minimum absolute atomic E-state index is 0.0349. The van der Waals surface area contributed by atoms with E-state index in [-0.39, 0.29) is 18.4 Å². The summed E-state index contributed by atoms with van der Waals surface area (Å²) in [5.41, 5.74) is 2.51. The molecule has 0 saturated carbocycles. The van der Waals surface area contributed by atoms with Crippen molar-refractivity contribution < 1.29 is 9.59 Å². The zero-order chi connectivity index (χ0) is 18.4. The summed E-state index contributed by atoms with van der Waals surface area (Å²) in [5.74, 6) is -0.555. The Kier molecular flexibility index (Phi) is 5.43. The predicted molar refractivity (Wildman–Crippen MR) is 99.1 cm³/mol. The van der Waals surface area contributed by atoms with Crippen molar-refractivity contribution in [1.29, 1.82) is 0 Å². The fourth-order valence-corrected chi connectivity index (χ4v) is 2.66. The lowest BCUT2D eigenvalue weighted by Crippen LogP contribution is -2.40.